The highest BCUT2D eigenvalue weighted by Crippen LogP contribution is 2.70. The molecular formula is C16H11Cl4FO. The molecule has 6 heteroatoms. The van der Waals surface area contributed by atoms with Crippen LogP contribution in [-0.4, -0.2) is 11.4 Å². The van der Waals surface area contributed by atoms with Gasteiger partial charge in [-0.05, 0) is 35.4 Å². The van der Waals surface area contributed by atoms with Gasteiger partial charge in [0.1, 0.15) is 10.1 Å². The maximum absolute atomic E-state index is 13.5. The molecule has 0 heterocycles. The van der Waals surface area contributed by atoms with E-state index in [9.17, 15) is 4.39 Å². The van der Waals surface area contributed by atoms with Gasteiger partial charge < -0.3 is 4.74 Å². The normalized spacial score (nSPS) is 22.5. The third-order valence-corrected chi connectivity index (χ3v) is 5.38. The Morgan fingerprint density at radius 1 is 0.955 bits per heavy atom. The molecule has 2 aromatic carbocycles. The Bertz CT molecular complexity index is 692. The molecule has 0 radical (unpaired) electrons. The number of hydrogen-bond donors (Lipinski definition) is 0. The highest BCUT2D eigenvalue weighted by molar-refractivity contribution is 6.52. The monoisotopic (exact) mass is 378 g/mol. The van der Waals surface area contributed by atoms with Gasteiger partial charge in [-0.3, -0.25) is 0 Å². The Hall–Kier alpha value is -0.670. The van der Waals surface area contributed by atoms with Crippen molar-refractivity contribution in [3.8, 4) is 5.75 Å². The summed E-state index contributed by atoms with van der Waals surface area (Å²) < 4.78 is 17.7. The van der Waals surface area contributed by atoms with Crippen LogP contribution in [0.5, 0.6) is 5.75 Å². The fourth-order valence-corrected chi connectivity index (χ4v) is 4.11. The summed E-state index contributed by atoms with van der Waals surface area (Å²) in [5.41, 5.74) is 1.70. The molecule has 0 N–H and O–H groups in total. The number of rotatable bonds is 3. The van der Waals surface area contributed by atoms with Crippen LogP contribution >= 0.6 is 46.4 Å². The van der Waals surface area contributed by atoms with Gasteiger partial charge >= 0.3 is 0 Å². The second-order valence-electron chi connectivity index (χ2n) is 5.20. The number of ether oxygens (including phenoxy) is 1. The first kappa shape index (κ1) is 16.2. The first-order valence-corrected chi connectivity index (χ1v) is 8.03. The smallest absolute Gasteiger partial charge is 0.160 e. The van der Waals surface area contributed by atoms with Gasteiger partial charge in [0.2, 0.25) is 0 Å². The molecule has 1 aliphatic rings. The number of alkyl halides is 2. The Morgan fingerprint density at radius 3 is 1.95 bits per heavy atom. The topological polar surface area (TPSA) is 9.23 Å². The van der Waals surface area contributed by atoms with Crippen molar-refractivity contribution in [3.63, 3.8) is 0 Å². The molecule has 0 aromatic heterocycles. The number of halogens is 5. The second kappa shape index (κ2) is 5.76. The van der Waals surface area contributed by atoms with Crippen LogP contribution in [-0.2, 0) is 0 Å². The summed E-state index contributed by atoms with van der Waals surface area (Å²) in [6.07, 6.45) is 0. The molecular weight excluding hydrogens is 369 g/mol. The minimum Gasteiger partial charge on any atom is -0.497 e. The van der Waals surface area contributed by atoms with Gasteiger partial charge in [0.25, 0.3) is 0 Å². The third-order valence-electron chi connectivity index (χ3n) is 3.89. The van der Waals surface area contributed by atoms with Gasteiger partial charge in [-0.25, -0.2) is 4.39 Å². The average Bonchev–Trinajstić information content (AvgIpc) is 3.07. The lowest BCUT2D eigenvalue weighted by Crippen LogP contribution is -1.92. The van der Waals surface area contributed by atoms with E-state index in [-0.39, 0.29) is 21.9 Å². The van der Waals surface area contributed by atoms with Crippen LogP contribution in [0.4, 0.5) is 4.39 Å². The van der Waals surface area contributed by atoms with Gasteiger partial charge in [0.15, 0.2) is 5.82 Å². The number of hydrogen-bond acceptors (Lipinski definition) is 1. The van der Waals surface area contributed by atoms with Gasteiger partial charge in [-0.2, -0.15) is 0 Å². The average molecular weight is 380 g/mol. The lowest BCUT2D eigenvalue weighted by molar-refractivity contribution is 0.414. The molecule has 116 valence electrons. The van der Waals surface area contributed by atoms with E-state index in [0.29, 0.717) is 0 Å². The van der Waals surface area contributed by atoms with E-state index in [0.717, 1.165) is 16.9 Å². The molecule has 0 spiro atoms. The fourth-order valence-electron chi connectivity index (χ4n) is 2.72. The van der Waals surface area contributed by atoms with E-state index >= 15 is 0 Å². The van der Waals surface area contributed by atoms with Crippen LogP contribution in [0.1, 0.15) is 23.0 Å². The predicted molar refractivity (Wildman–Crippen MR) is 89.3 cm³/mol. The molecule has 1 fully saturated rings. The first-order valence-electron chi connectivity index (χ1n) is 6.52. The van der Waals surface area contributed by atoms with E-state index in [1.54, 1.807) is 7.11 Å². The zero-order valence-corrected chi connectivity index (χ0v) is 14.4. The maximum Gasteiger partial charge on any atom is 0.160 e. The van der Waals surface area contributed by atoms with E-state index < -0.39 is 10.2 Å². The zero-order chi connectivity index (χ0) is 16.1. The van der Waals surface area contributed by atoms with Crippen LogP contribution in [0, 0.1) is 5.82 Å². The van der Waals surface area contributed by atoms with Crippen LogP contribution in [0.2, 0.25) is 10.0 Å². The second-order valence-corrected chi connectivity index (χ2v) is 7.46. The van der Waals surface area contributed by atoms with Gasteiger partial charge in [-0.1, -0.05) is 35.3 Å². The van der Waals surface area contributed by atoms with Crippen molar-refractivity contribution in [3.05, 3.63) is 63.4 Å². The summed E-state index contributed by atoms with van der Waals surface area (Å²) in [7, 11) is 1.60. The van der Waals surface area contributed by atoms with Crippen LogP contribution in [0.3, 0.4) is 0 Å². The van der Waals surface area contributed by atoms with E-state index in [2.05, 4.69) is 0 Å². The van der Waals surface area contributed by atoms with Crippen molar-refractivity contribution in [2.45, 2.75) is 16.2 Å². The minimum atomic E-state index is -0.973. The Kier molecular flexibility index (Phi) is 4.24. The van der Waals surface area contributed by atoms with Crippen molar-refractivity contribution >= 4 is 46.4 Å². The summed E-state index contributed by atoms with van der Waals surface area (Å²) in [5, 5.41) is -0.0703. The lowest BCUT2D eigenvalue weighted by Gasteiger charge is -2.05. The number of benzene rings is 2. The highest BCUT2D eigenvalue weighted by Gasteiger charge is 2.64. The summed E-state index contributed by atoms with van der Waals surface area (Å²) in [6.45, 7) is 0. The molecule has 1 nitrogen and oxygen atoms in total. The molecule has 2 unspecified atom stereocenters. The lowest BCUT2D eigenvalue weighted by atomic mass is 10.0. The molecule has 22 heavy (non-hydrogen) atoms. The SMILES string of the molecule is COc1ccc(C2C(c3cc(Cl)c(F)c(Cl)c3)C2(Cl)Cl)cc1. The molecule has 1 saturated carbocycles. The Labute approximate surface area is 147 Å². The first-order chi connectivity index (χ1) is 10.4. The summed E-state index contributed by atoms with van der Waals surface area (Å²) in [6, 6.07) is 10.6. The van der Waals surface area contributed by atoms with Crippen molar-refractivity contribution < 1.29 is 9.13 Å². The van der Waals surface area contributed by atoms with Gasteiger partial charge in [-0.15, -0.1) is 23.2 Å². The largest absolute Gasteiger partial charge is 0.497 e. The molecule has 0 aliphatic heterocycles. The summed E-state index contributed by atoms with van der Waals surface area (Å²) >= 11 is 24.5. The molecule has 1 aliphatic carbocycles. The molecule has 0 amide bonds. The molecule has 3 rings (SSSR count). The fraction of sp³-hybridized carbons (Fsp3) is 0.250. The highest BCUT2D eigenvalue weighted by atomic mass is 35.5. The van der Waals surface area contributed by atoms with E-state index in [4.69, 9.17) is 51.1 Å². The van der Waals surface area contributed by atoms with Crippen molar-refractivity contribution in [2.24, 2.45) is 0 Å². The summed E-state index contributed by atoms with van der Waals surface area (Å²) in [5.74, 6) is -0.189. The van der Waals surface area contributed by atoms with Crippen LogP contribution < -0.4 is 4.74 Å². The predicted octanol–water partition coefficient (Wildman–Crippen LogP) is 6.20. The standard InChI is InChI=1S/C16H11Cl4FO/c1-22-10-4-2-8(3-5-10)13-14(16(13,19)20)9-6-11(17)15(21)12(18)7-9/h2-7,13-14H,1H3. The van der Waals surface area contributed by atoms with Crippen LogP contribution in [0.25, 0.3) is 0 Å². The minimum absolute atomic E-state index is 0.0352. The van der Waals surface area contributed by atoms with Crippen molar-refractivity contribution in [2.75, 3.05) is 7.11 Å². The van der Waals surface area contributed by atoms with Gasteiger partial charge in [0, 0.05) is 11.8 Å². The maximum atomic E-state index is 13.5. The molecule has 2 atom stereocenters. The van der Waals surface area contributed by atoms with E-state index in [1.165, 1.54) is 12.1 Å². The number of methoxy groups -OCH3 is 1. The quantitative estimate of drug-likeness (QED) is 0.456. The molecule has 0 saturated heterocycles. The third kappa shape index (κ3) is 2.67. The zero-order valence-electron chi connectivity index (χ0n) is 11.4. The van der Waals surface area contributed by atoms with Gasteiger partial charge in [0.05, 0.1) is 17.2 Å². The van der Waals surface area contributed by atoms with Crippen molar-refractivity contribution in [1.29, 1.82) is 0 Å². The Balaban J connectivity index is 1.95. The Morgan fingerprint density at radius 2 is 1.45 bits per heavy atom. The van der Waals surface area contributed by atoms with Crippen LogP contribution in [0.15, 0.2) is 36.4 Å². The van der Waals surface area contributed by atoms with E-state index in [1.807, 2.05) is 24.3 Å². The summed E-state index contributed by atoms with van der Waals surface area (Å²) in [4.78, 5) is 0. The van der Waals surface area contributed by atoms with Crippen molar-refractivity contribution in [1.82, 2.24) is 0 Å². The molecule has 0 bridgehead atoms. The molecule has 2 aromatic rings.